The van der Waals surface area contributed by atoms with Crippen molar-refractivity contribution in [3.05, 3.63) is 88.9 Å². The van der Waals surface area contributed by atoms with E-state index in [9.17, 15) is 4.79 Å². The van der Waals surface area contributed by atoms with Crippen LogP contribution < -0.4 is 19.7 Å². The second-order valence-corrected chi connectivity index (χ2v) is 9.19. The molecule has 1 N–H and O–H groups in total. The molecule has 1 aliphatic heterocycles. The van der Waals surface area contributed by atoms with Gasteiger partial charge in [0.05, 0.1) is 52.7 Å². The molecule has 0 saturated carbocycles. The number of carbonyl (C=O) groups excluding carboxylic acids is 1. The summed E-state index contributed by atoms with van der Waals surface area (Å²) in [7, 11) is 1.66. The molecule has 196 valence electrons. The van der Waals surface area contributed by atoms with Crippen molar-refractivity contribution < 1.29 is 23.7 Å². The van der Waals surface area contributed by atoms with Crippen molar-refractivity contribution in [2.24, 2.45) is 0 Å². The topological polar surface area (TPSA) is 69.3 Å². The molecule has 0 aromatic heterocycles. The summed E-state index contributed by atoms with van der Waals surface area (Å²) >= 11 is 5.95. The first kappa shape index (κ1) is 26.9. The summed E-state index contributed by atoms with van der Waals surface area (Å²) < 4.78 is 22.9. The van der Waals surface area contributed by atoms with E-state index in [1.807, 2.05) is 77.7 Å². The Balaban J connectivity index is 1.22. The van der Waals surface area contributed by atoms with Crippen LogP contribution in [0, 0.1) is 0 Å². The summed E-state index contributed by atoms with van der Waals surface area (Å²) in [5, 5.41) is 3.88. The van der Waals surface area contributed by atoms with E-state index in [-0.39, 0.29) is 11.9 Å². The van der Waals surface area contributed by atoms with Crippen molar-refractivity contribution in [3.8, 4) is 11.5 Å². The summed E-state index contributed by atoms with van der Waals surface area (Å²) in [5.41, 5.74) is 2.90. The monoisotopic (exact) mass is 524 g/mol. The van der Waals surface area contributed by atoms with E-state index < -0.39 is 0 Å². The van der Waals surface area contributed by atoms with Crippen LogP contribution in [0.2, 0.25) is 5.02 Å². The van der Waals surface area contributed by atoms with Crippen LogP contribution in [0.5, 0.6) is 11.5 Å². The number of hydrogen-bond acceptors (Lipinski definition) is 6. The number of carbonyl (C=O) groups is 1. The minimum atomic E-state index is -0.0966. The molecule has 3 aromatic rings. The van der Waals surface area contributed by atoms with Gasteiger partial charge >= 0.3 is 0 Å². The van der Waals surface area contributed by atoms with Crippen LogP contribution in [0.25, 0.3) is 0 Å². The zero-order valence-corrected chi connectivity index (χ0v) is 21.8. The van der Waals surface area contributed by atoms with Crippen LogP contribution in [-0.4, -0.2) is 52.0 Å². The maximum Gasteiger partial charge on any atom is 0.241 e. The van der Waals surface area contributed by atoms with Crippen molar-refractivity contribution in [2.45, 2.75) is 25.7 Å². The molecule has 0 spiro atoms. The zero-order valence-electron chi connectivity index (χ0n) is 21.0. The smallest absolute Gasteiger partial charge is 0.241 e. The van der Waals surface area contributed by atoms with Gasteiger partial charge in [0.2, 0.25) is 5.91 Å². The first-order chi connectivity index (χ1) is 18.1. The molecular weight excluding hydrogens is 492 g/mol. The molecule has 1 heterocycles. The average Bonchev–Trinajstić information content (AvgIpc) is 2.92. The molecule has 0 aliphatic carbocycles. The number of piperazine rings is 1. The van der Waals surface area contributed by atoms with Crippen LogP contribution in [-0.2, 0) is 27.5 Å². The van der Waals surface area contributed by atoms with Gasteiger partial charge in [0.1, 0.15) is 11.5 Å². The van der Waals surface area contributed by atoms with Gasteiger partial charge in [-0.05, 0) is 48.0 Å². The van der Waals surface area contributed by atoms with E-state index in [4.69, 9.17) is 30.5 Å². The third-order valence-corrected chi connectivity index (χ3v) is 6.30. The van der Waals surface area contributed by atoms with Gasteiger partial charge < -0.3 is 29.2 Å². The minimum absolute atomic E-state index is 0.0206. The van der Waals surface area contributed by atoms with E-state index in [1.165, 1.54) is 0 Å². The number of nitrogens with one attached hydrogen (secondary N) is 1. The normalized spacial score (nSPS) is 15.6. The highest BCUT2D eigenvalue weighted by Crippen LogP contribution is 2.24. The van der Waals surface area contributed by atoms with Crippen LogP contribution in [0.3, 0.4) is 0 Å². The molecule has 0 radical (unpaired) electrons. The lowest BCUT2D eigenvalue weighted by Gasteiger charge is -2.36. The highest BCUT2D eigenvalue weighted by Gasteiger charge is 2.29. The Bertz CT molecular complexity index is 1120. The Kier molecular flexibility index (Phi) is 10.2. The number of nitrogens with zero attached hydrogens (tertiary/aromatic N) is 1. The van der Waals surface area contributed by atoms with Gasteiger partial charge in [0.25, 0.3) is 0 Å². The highest BCUT2D eigenvalue weighted by atomic mass is 35.5. The Morgan fingerprint density at radius 2 is 1.73 bits per heavy atom. The van der Waals surface area contributed by atoms with Crippen molar-refractivity contribution in [3.63, 3.8) is 0 Å². The van der Waals surface area contributed by atoms with Gasteiger partial charge in [-0.25, -0.2) is 0 Å². The van der Waals surface area contributed by atoms with Crippen LogP contribution in [0.1, 0.15) is 17.5 Å². The van der Waals surface area contributed by atoms with Gasteiger partial charge in [-0.1, -0.05) is 41.9 Å². The first-order valence-electron chi connectivity index (χ1n) is 12.4. The Hall–Kier alpha value is -3.10. The molecule has 1 amide bonds. The van der Waals surface area contributed by atoms with Gasteiger partial charge in [-0.3, -0.25) is 4.79 Å². The fourth-order valence-electron chi connectivity index (χ4n) is 4.17. The van der Waals surface area contributed by atoms with E-state index in [0.29, 0.717) is 51.1 Å². The number of benzene rings is 3. The molecule has 3 aromatic carbocycles. The van der Waals surface area contributed by atoms with E-state index >= 15 is 0 Å². The van der Waals surface area contributed by atoms with E-state index in [1.54, 1.807) is 7.11 Å². The van der Waals surface area contributed by atoms with Gasteiger partial charge in [-0.15, -0.1) is 0 Å². The molecule has 8 heteroatoms. The van der Waals surface area contributed by atoms with Gasteiger partial charge in [-0.2, -0.15) is 0 Å². The number of methoxy groups -OCH3 is 1. The van der Waals surface area contributed by atoms with Gasteiger partial charge in [0.15, 0.2) is 0 Å². The van der Waals surface area contributed by atoms with Crippen molar-refractivity contribution >= 4 is 23.2 Å². The quantitative estimate of drug-likeness (QED) is 0.322. The molecule has 37 heavy (non-hydrogen) atoms. The number of para-hydroxylation sites is 1. The summed E-state index contributed by atoms with van der Waals surface area (Å²) in [5.74, 6) is 1.61. The van der Waals surface area contributed by atoms with Crippen molar-refractivity contribution in [2.75, 3.05) is 44.9 Å². The molecule has 0 bridgehead atoms. The molecule has 1 saturated heterocycles. The lowest BCUT2D eigenvalue weighted by atomic mass is 10.1. The number of hydrogen-bond donors (Lipinski definition) is 1. The fourth-order valence-corrected chi connectivity index (χ4v) is 4.29. The molecule has 4 rings (SSSR count). The Morgan fingerprint density at radius 1 is 0.946 bits per heavy atom. The number of anilines is 1. The summed E-state index contributed by atoms with van der Waals surface area (Å²) in [6.45, 7) is 3.49. The number of ether oxygens (including phenoxy) is 4. The number of halogens is 1. The molecule has 1 aliphatic rings. The highest BCUT2D eigenvalue weighted by molar-refractivity contribution is 6.30. The molecular formula is C29H33ClN2O5. The average molecular weight is 525 g/mol. The number of amides is 1. The van der Waals surface area contributed by atoms with E-state index in [0.717, 1.165) is 34.7 Å². The lowest BCUT2D eigenvalue weighted by Crippen LogP contribution is -2.57. The third-order valence-electron chi connectivity index (χ3n) is 6.05. The standard InChI is InChI=1S/C29H33ClN2O5/c1-34-28-6-3-2-5-23(28)20-35-15-4-16-37-27-13-11-25(12-14-27)32-26(17-31-18-29(32)33)21-36-19-22-7-9-24(30)10-8-22/h2-3,5-14,26,31H,4,15-21H2,1H3/t26-/m1/s1. The molecule has 0 unspecified atom stereocenters. The van der Waals surface area contributed by atoms with Crippen LogP contribution >= 0.6 is 11.6 Å². The van der Waals surface area contributed by atoms with Crippen LogP contribution in [0.15, 0.2) is 72.8 Å². The minimum Gasteiger partial charge on any atom is -0.496 e. The fraction of sp³-hybridized carbons (Fsp3) is 0.345. The molecule has 7 nitrogen and oxygen atoms in total. The first-order valence-corrected chi connectivity index (χ1v) is 12.8. The molecule has 1 atom stereocenters. The Morgan fingerprint density at radius 3 is 2.51 bits per heavy atom. The van der Waals surface area contributed by atoms with Crippen molar-refractivity contribution in [1.29, 1.82) is 0 Å². The largest absolute Gasteiger partial charge is 0.496 e. The van der Waals surface area contributed by atoms with E-state index in [2.05, 4.69) is 5.32 Å². The third kappa shape index (κ3) is 7.94. The van der Waals surface area contributed by atoms with Crippen molar-refractivity contribution in [1.82, 2.24) is 5.32 Å². The predicted molar refractivity (Wildman–Crippen MR) is 144 cm³/mol. The SMILES string of the molecule is COc1ccccc1COCCCOc1ccc(N2C(=O)CNC[C@@H]2COCc2ccc(Cl)cc2)cc1. The molecule has 1 fully saturated rings. The lowest BCUT2D eigenvalue weighted by molar-refractivity contribution is -0.119. The zero-order chi connectivity index (χ0) is 25.9. The maximum atomic E-state index is 12.7. The number of rotatable bonds is 13. The summed E-state index contributed by atoms with van der Waals surface area (Å²) in [4.78, 5) is 14.5. The van der Waals surface area contributed by atoms with Crippen LogP contribution in [0.4, 0.5) is 5.69 Å². The maximum absolute atomic E-state index is 12.7. The predicted octanol–water partition coefficient (Wildman–Crippen LogP) is 4.86. The van der Waals surface area contributed by atoms with Gasteiger partial charge in [0, 0.05) is 29.2 Å². The summed E-state index contributed by atoms with van der Waals surface area (Å²) in [6, 6.07) is 22.9. The summed E-state index contributed by atoms with van der Waals surface area (Å²) in [6.07, 6.45) is 0.764. The second kappa shape index (κ2) is 14.0. The Labute approximate surface area is 223 Å². The second-order valence-electron chi connectivity index (χ2n) is 8.75.